The molecule has 0 bridgehead atoms. The summed E-state index contributed by atoms with van der Waals surface area (Å²) in [4.78, 5) is 36.7. The van der Waals surface area contributed by atoms with Gasteiger partial charge in [-0.2, -0.15) is 9.97 Å². The van der Waals surface area contributed by atoms with Gasteiger partial charge in [0.05, 0.1) is 5.39 Å². The summed E-state index contributed by atoms with van der Waals surface area (Å²) in [6.07, 6.45) is 1.27. The number of carbonyl (C=O) groups is 2. The lowest BCUT2D eigenvalue weighted by Gasteiger charge is -2.13. The number of aromatic nitrogens is 3. The predicted molar refractivity (Wildman–Crippen MR) is 128 cm³/mol. The van der Waals surface area contributed by atoms with Crippen LogP contribution in [-0.4, -0.2) is 32.1 Å². The van der Waals surface area contributed by atoms with E-state index >= 15 is 0 Å². The molecule has 5 aromatic rings. The molecule has 11 heteroatoms. The Morgan fingerprint density at radius 3 is 2.62 bits per heavy atom. The second-order valence-electron chi connectivity index (χ2n) is 8.53. The number of anilines is 1. The first-order valence-electron chi connectivity index (χ1n) is 11.4. The van der Waals surface area contributed by atoms with Crippen LogP contribution in [0, 0.1) is 11.8 Å². The van der Waals surface area contributed by atoms with Crippen LogP contribution in [0.3, 0.4) is 0 Å². The molecule has 4 aromatic heterocycles. The molecule has 1 atom stereocenters. The molecule has 0 spiro atoms. The van der Waals surface area contributed by atoms with Gasteiger partial charge in [-0.3, -0.25) is 10.1 Å². The number of hydrogen-bond acceptors (Lipinski definition) is 9. The number of ether oxygens (including phenoxy) is 1. The third-order valence-corrected chi connectivity index (χ3v) is 6.07. The maximum atomic E-state index is 12.7. The highest BCUT2D eigenvalue weighted by atomic mass is 16.6. The van der Waals surface area contributed by atoms with E-state index in [4.69, 9.17) is 18.0 Å². The number of nitrogens with zero attached hydrogens (tertiary/aromatic N) is 3. The fourth-order valence-electron chi connectivity index (χ4n) is 3.88. The van der Waals surface area contributed by atoms with Crippen LogP contribution in [0.15, 0.2) is 61.9 Å². The molecule has 1 unspecified atom stereocenters. The molecule has 1 aromatic carbocycles. The number of carbonyl (C=O) groups excluding carboxylic acids is 1. The monoisotopic (exact) mass is 498 g/mol. The SMILES string of the molecule is CC(OC(=O)Nc1c(C#Cc2nc3nc(C4(C(=O)O)CC4)oc3o2)oc2ncccc12)c1ccccc1. The van der Waals surface area contributed by atoms with Crippen molar-refractivity contribution in [3.05, 3.63) is 71.8 Å². The molecule has 11 nitrogen and oxygen atoms in total. The Balaban J connectivity index is 1.26. The van der Waals surface area contributed by atoms with Crippen molar-refractivity contribution in [3.8, 4) is 11.8 Å². The average Bonchev–Trinajstić information content (AvgIpc) is 3.33. The van der Waals surface area contributed by atoms with Crippen LogP contribution in [0.1, 0.15) is 49.0 Å². The number of aliphatic carboxylic acids is 1. The lowest BCUT2D eigenvalue weighted by molar-refractivity contribution is -0.140. The molecule has 184 valence electrons. The maximum Gasteiger partial charge on any atom is 0.412 e. The predicted octanol–water partition coefficient (Wildman–Crippen LogP) is 4.78. The van der Waals surface area contributed by atoms with E-state index in [0.29, 0.717) is 18.2 Å². The molecule has 6 rings (SSSR count). The van der Waals surface area contributed by atoms with Crippen molar-refractivity contribution in [1.29, 1.82) is 0 Å². The first-order chi connectivity index (χ1) is 17.9. The molecule has 0 radical (unpaired) electrons. The van der Waals surface area contributed by atoms with Crippen LogP contribution < -0.4 is 5.32 Å². The Morgan fingerprint density at radius 2 is 1.89 bits per heavy atom. The standard InChI is InChI=1S/C26H18N4O7/c1-14(15-6-3-2-4-7-15)34-25(33)29-19-16-8-5-13-27-21(16)35-17(19)9-10-18-28-20-22(36-18)37-23(30-20)26(11-12-26)24(31)32/h2-8,13-14H,11-12H2,1H3,(H,29,33)(H,31,32). The lowest BCUT2D eigenvalue weighted by Crippen LogP contribution is -2.19. The average molecular weight is 498 g/mol. The number of amides is 1. The Bertz CT molecular complexity index is 1690. The van der Waals surface area contributed by atoms with E-state index < -0.39 is 23.6 Å². The molecule has 4 heterocycles. The second-order valence-corrected chi connectivity index (χ2v) is 8.53. The highest BCUT2D eigenvalue weighted by Gasteiger charge is 2.56. The number of nitrogens with one attached hydrogen (secondary N) is 1. The topological polar surface area (TPSA) is 154 Å². The Kier molecular flexibility index (Phi) is 5.15. The summed E-state index contributed by atoms with van der Waals surface area (Å²) in [5, 5.41) is 12.6. The second kappa shape index (κ2) is 8.53. The molecule has 1 aliphatic carbocycles. The fourth-order valence-corrected chi connectivity index (χ4v) is 3.88. The van der Waals surface area contributed by atoms with Crippen LogP contribution in [-0.2, 0) is 14.9 Å². The minimum Gasteiger partial charge on any atom is -0.480 e. The smallest absolute Gasteiger partial charge is 0.412 e. The van der Waals surface area contributed by atoms with E-state index in [2.05, 4.69) is 32.1 Å². The molecular weight excluding hydrogens is 480 g/mol. The summed E-state index contributed by atoms with van der Waals surface area (Å²) in [5.41, 5.74) is 0.416. The maximum absolute atomic E-state index is 12.7. The number of rotatable bonds is 5. The van der Waals surface area contributed by atoms with Gasteiger partial charge in [-0.05, 0) is 43.4 Å². The number of carboxylic acids is 1. The van der Waals surface area contributed by atoms with Crippen LogP contribution in [0.2, 0.25) is 0 Å². The Hall–Kier alpha value is -5.11. The van der Waals surface area contributed by atoms with Gasteiger partial charge in [0, 0.05) is 12.1 Å². The zero-order valence-corrected chi connectivity index (χ0v) is 19.3. The summed E-state index contributed by atoms with van der Waals surface area (Å²) in [6, 6.07) is 12.8. The first-order valence-corrected chi connectivity index (χ1v) is 11.4. The number of hydrogen-bond donors (Lipinski definition) is 2. The van der Waals surface area contributed by atoms with Gasteiger partial charge in [0.25, 0.3) is 5.89 Å². The van der Waals surface area contributed by atoms with Crippen LogP contribution in [0.25, 0.3) is 22.5 Å². The molecule has 0 saturated heterocycles. The number of carboxylic acid groups (broad SMARTS) is 1. The summed E-state index contributed by atoms with van der Waals surface area (Å²) in [5.74, 6) is 4.66. The molecule has 2 N–H and O–H groups in total. The van der Waals surface area contributed by atoms with Crippen LogP contribution >= 0.6 is 0 Å². The molecular formula is C26H18N4O7. The van der Waals surface area contributed by atoms with Crippen molar-refractivity contribution in [2.24, 2.45) is 0 Å². The van der Waals surface area contributed by atoms with Crippen molar-refractivity contribution in [2.45, 2.75) is 31.3 Å². The van der Waals surface area contributed by atoms with Gasteiger partial charge in [0.1, 0.15) is 17.2 Å². The van der Waals surface area contributed by atoms with Gasteiger partial charge in [-0.25, -0.2) is 9.78 Å². The number of pyridine rings is 1. The normalized spacial score (nSPS) is 14.6. The highest BCUT2D eigenvalue weighted by molar-refractivity contribution is 5.99. The quantitative estimate of drug-likeness (QED) is 0.323. The summed E-state index contributed by atoms with van der Waals surface area (Å²) in [6.45, 7) is 1.77. The third kappa shape index (κ3) is 4.04. The molecule has 1 amide bonds. The van der Waals surface area contributed by atoms with Crippen molar-refractivity contribution < 1.29 is 32.7 Å². The van der Waals surface area contributed by atoms with Gasteiger partial charge < -0.3 is 23.1 Å². The molecule has 1 aliphatic rings. The summed E-state index contributed by atoms with van der Waals surface area (Å²) >= 11 is 0. The first kappa shape index (κ1) is 22.4. The fraction of sp³-hybridized carbons (Fsp3) is 0.192. The lowest BCUT2D eigenvalue weighted by atomic mass is 10.1. The number of benzene rings is 1. The van der Waals surface area contributed by atoms with E-state index in [1.54, 1.807) is 25.3 Å². The zero-order chi connectivity index (χ0) is 25.6. The summed E-state index contributed by atoms with van der Waals surface area (Å²) in [7, 11) is 0. The highest BCUT2D eigenvalue weighted by Crippen LogP contribution is 2.48. The zero-order valence-electron chi connectivity index (χ0n) is 19.3. The Morgan fingerprint density at radius 1 is 1.08 bits per heavy atom. The van der Waals surface area contributed by atoms with E-state index in [1.807, 2.05) is 30.3 Å². The van der Waals surface area contributed by atoms with E-state index in [9.17, 15) is 14.7 Å². The molecule has 1 fully saturated rings. The van der Waals surface area contributed by atoms with Gasteiger partial charge in [-0.1, -0.05) is 30.3 Å². The van der Waals surface area contributed by atoms with E-state index in [-0.39, 0.29) is 40.4 Å². The van der Waals surface area contributed by atoms with Crippen LogP contribution in [0.4, 0.5) is 10.5 Å². The molecule has 0 aliphatic heterocycles. The molecule has 1 saturated carbocycles. The van der Waals surface area contributed by atoms with Gasteiger partial charge >= 0.3 is 17.8 Å². The van der Waals surface area contributed by atoms with Crippen molar-refractivity contribution in [3.63, 3.8) is 0 Å². The van der Waals surface area contributed by atoms with Crippen LogP contribution in [0.5, 0.6) is 0 Å². The molecule has 37 heavy (non-hydrogen) atoms. The number of oxazole rings is 2. The Labute approximate surface area is 208 Å². The van der Waals surface area contributed by atoms with Crippen molar-refractivity contribution in [2.75, 3.05) is 5.32 Å². The van der Waals surface area contributed by atoms with E-state index in [0.717, 1.165) is 5.56 Å². The van der Waals surface area contributed by atoms with Crippen molar-refractivity contribution >= 4 is 40.3 Å². The largest absolute Gasteiger partial charge is 0.480 e. The summed E-state index contributed by atoms with van der Waals surface area (Å²) < 4.78 is 22.2. The minimum atomic E-state index is -1.11. The number of fused-ring (bicyclic) bond motifs is 2. The van der Waals surface area contributed by atoms with Gasteiger partial charge in [-0.15, -0.1) is 0 Å². The van der Waals surface area contributed by atoms with Gasteiger partial charge in [0.15, 0.2) is 0 Å². The van der Waals surface area contributed by atoms with Crippen molar-refractivity contribution in [1.82, 2.24) is 15.0 Å². The van der Waals surface area contributed by atoms with E-state index in [1.165, 1.54) is 0 Å². The number of furan rings is 1. The van der Waals surface area contributed by atoms with Gasteiger partial charge in [0.2, 0.25) is 23.0 Å². The third-order valence-electron chi connectivity index (χ3n) is 6.07. The minimum absolute atomic E-state index is 0.0186.